The second-order valence-corrected chi connectivity index (χ2v) is 6.68. The van der Waals surface area contributed by atoms with Crippen LogP contribution in [0.2, 0.25) is 0 Å². The maximum absolute atomic E-state index is 12.0. The summed E-state index contributed by atoms with van der Waals surface area (Å²) in [6, 6.07) is 7.92. The van der Waals surface area contributed by atoms with Gasteiger partial charge in [0.2, 0.25) is 0 Å². The van der Waals surface area contributed by atoms with Crippen LogP contribution in [0.1, 0.15) is 35.5 Å². The molecule has 3 rings (SSSR count). The second kappa shape index (κ2) is 7.64. The van der Waals surface area contributed by atoms with E-state index < -0.39 is 0 Å². The Morgan fingerprint density at radius 1 is 1.15 bits per heavy atom. The predicted octanol–water partition coefficient (Wildman–Crippen LogP) is 2.80. The number of hydrogen-bond acceptors (Lipinski definition) is 5. The minimum absolute atomic E-state index is 0.0922. The van der Waals surface area contributed by atoms with Crippen LogP contribution >= 0.6 is 0 Å². The van der Waals surface area contributed by atoms with Crippen molar-refractivity contribution in [1.29, 1.82) is 0 Å². The molecule has 6 heteroatoms. The minimum atomic E-state index is -0.146. The summed E-state index contributed by atoms with van der Waals surface area (Å²) in [5.41, 5.74) is 3.94. The molecule has 0 saturated carbocycles. The lowest BCUT2D eigenvalue weighted by atomic mass is 9.98. The SMILES string of the molecule is COc1cc2c(cc1OC)CN(c1ccc(C(=O)NC(C)C)nc1)CC2. The van der Waals surface area contributed by atoms with Gasteiger partial charge in [0.05, 0.1) is 26.1 Å². The van der Waals surface area contributed by atoms with Gasteiger partial charge in [-0.25, -0.2) is 4.98 Å². The Hall–Kier alpha value is -2.76. The Kier molecular flexibility index (Phi) is 5.30. The molecule has 0 unspecified atom stereocenters. The number of nitrogens with zero attached hydrogens (tertiary/aromatic N) is 2. The van der Waals surface area contributed by atoms with Crippen LogP contribution in [0.5, 0.6) is 11.5 Å². The number of carbonyl (C=O) groups is 1. The van der Waals surface area contributed by atoms with Crippen molar-refractivity contribution in [2.45, 2.75) is 32.9 Å². The van der Waals surface area contributed by atoms with Gasteiger partial charge in [-0.1, -0.05) is 0 Å². The fraction of sp³-hybridized carbons (Fsp3) is 0.400. The fourth-order valence-electron chi connectivity index (χ4n) is 3.15. The molecule has 1 aromatic heterocycles. The monoisotopic (exact) mass is 355 g/mol. The van der Waals surface area contributed by atoms with Crippen molar-refractivity contribution in [3.05, 3.63) is 47.3 Å². The maximum Gasteiger partial charge on any atom is 0.270 e. The van der Waals surface area contributed by atoms with Gasteiger partial charge in [0.15, 0.2) is 11.5 Å². The number of anilines is 1. The Morgan fingerprint density at radius 2 is 1.85 bits per heavy atom. The highest BCUT2D eigenvalue weighted by Gasteiger charge is 2.20. The van der Waals surface area contributed by atoms with Crippen LogP contribution in [0.3, 0.4) is 0 Å². The van der Waals surface area contributed by atoms with Crippen molar-refractivity contribution in [2.75, 3.05) is 25.7 Å². The van der Waals surface area contributed by atoms with E-state index in [4.69, 9.17) is 9.47 Å². The average Bonchev–Trinajstić information content (AvgIpc) is 2.66. The van der Waals surface area contributed by atoms with Gasteiger partial charge in [-0.15, -0.1) is 0 Å². The Labute approximate surface area is 154 Å². The van der Waals surface area contributed by atoms with Gasteiger partial charge >= 0.3 is 0 Å². The van der Waals surface area contributed by atoms with Crippen LogP contribution in [-0.4, -0.2) is 37.7 Å². The predicted molar refractivity (Wildman–Crippen MR) is 101 cm³/mol. The van der Waals surface area contributed by atoms with E-state index in [1.165, 1.54) is 11.1 Å². The van der Waals surface area contributed by atoms with Crippen molar-refractivity contribution in [3.8, 4) is 11.5 Å². The molecule has 26 heavy (non-hydrogen) atoms. The molecular weight excluding hydrogens is 330 g/mol. The Morgan fingerprint density at radius 3 is 2.42 bits per heavy atom. The Balaban J connectivity index is 1.77. The molecule has 0 bridgehead atoms. The third kappa shape index (κ3) is 3.74. The molecule has 2 aromatic rings. The quantitative estimate of drug-likeness (QED) is 0.893. The molecule has 0 saturated heterocycles. The van der Waals surface area contributed by atoms with Gasteiger partial charge in [0.25, 0.3) is 5.91 Å². The van der Waals surface area contributed by atoms with E-state index in [2.05, 4.69) is 21.3 Å². The largest absolute Gasteiger partial charge is 0.493 e. The summed E-state index contributed by atoms with van der Waals surface area (Å²) in [5, 5.41) is 2.85. The zero-order chi connectivity index (χ0) is 18.7. The molecule has 1 amide bonds. The van der Waals surface area contributed by atoms with Gasteiger partial charge < -0.3 is 19.7 Å². The summed E-state index contributed by atoms with van der Waals surface area (Å²) in [6.07, 6.45) is 2.69. The van der Waals surface area contributed by atoms with E-state index in [9.17, 15) is 4.79 Å². The first-order valence-electron chi connectivity index (χ1n) is 8.77. The number of nitrogens with one attached hydrogen (secondary N) is 1. The van der Waals surface area contributed by atoms with Crippen LogP contribution in [0.4, 0.5) is 5.69 Å². The van der Waals surface area contributed by atoms with Crippen LogP contribution in [0, 0.1) is 0 Å². The lowest BCUT2D eigenvalue weighted by Crippen LogP contribution is -2.32. The number of ether oxygens (including phenoxy) is 2. The molecule has 0 fully saturated rings. The van der Waals surface area contributed by atoms with Gasteiger partial charge in [0.1, 0.15) is 5.69 Å². The summed E-state index contributed by atoms with van der Waals surface area (Å²) in [6.45, 7) is 5.53. The normalized spacial score (nSPS) is 13.3. The van der Waals surface area contributed by atoms with Crippen molar-refractivity contribution in [3.63, 3.8) is 0 Å². The van der Waals surface area contributed by atoms with Gasteiger partial charge in [0, 0.05) is 19.1 Å². The number of hydrogen-bond donors (Lipinski definition) is 1. The van der Waals surface area contributed by atoms with Crippen LogP contribution in [0.25, 0.3) is 0 Å². The minimum Gasteiger partial charge on any atom is -0.493 e. The summed E-state index contributed by atoms with van der Waals surface area (Å²) < 4.78 is 10.8. The molecule has 138 valence electrons. The zero-order valence-electron chi connectivity index (χ0n) is 15.7. The zero-order valence-corrected chi connectivity index (χ0v) is 15.7. The molecule has 6 nitrogen and oxygen atoms in total. The van der Waals surface area contributed by atoms with Crippen molar-refractivity contribution >= 4 is 11.6 Å². The average molecular weight is 355 g/mol. The van der Waals surface area contributed by atoms with Crippen LogP contribution < -0.4 is 19.7 Å². The van der Waals surface area contributed by atoms with Gasteiger partial charge in [-0.2, -0.15) is 0 Å². The third-order valence-electron chi connectivity index (χ3n) is 4.48. The third-order valence-corrected chi connectivity index (χ3v) is 4.48. The van der Waals surface area contributed by atoms with Crippen molar-refractivity contribution in [2.24, 2.45) is 0 Å². The van der Waals surface area contributed by atoms with Gasteiger partial charge in [-0.3, -0.25) is 4.79 Å². The van der Waals surface area contributed by atoms with E-state index in [1.807, 2.05) is 26.0 Å². The number of fused-ring (bicyclic) bond motifs is 1. The number of rotatable bonds is 5. The highest BCUT2D eigenvalue weighted by atomic mass is 16.5. The molecule has 2 heterocycles. The number of benzene rings is 1. The smallest absolute Gasteiger partial charge is 0.270 e. The molecule has 1 aliphatic heterocycles. The van der Waals surface area contributed by atoms with E-state index in [0.717, 1.165) is 36.7 Å². The van der Waals surface area contributed by atoms with Gasteiger partial charge in [-0.05, 0) is 55.7 Å². The highest BCUT2D eigenvalue weighted by molar-refractivity contribution is 5.92. The summed E-state index contributed by atoms with van der Waals surface area (Å²) in [4.78, 5) is 18.6. The van der Waals surface area contributed by atoms with E-state index >= 15 is 0 Å². The molecule has 0 radical (unpaired) electrons. The van der Waals surface area contributed by atoms with E-state index in [-0.39, 0.29) is 11.9 Å². The first kappa shape index (κ1) is 18.0. The molecule has 1 aromatic carbocycles. The lowest BCUT2D eigenvalue weighted by molar-refractivity contribution is 0.0938. The topological polar surface area (TPSA) is 63.7 Å². The molecule has 0 atom stereocenters. The summed E-state index contributed by atoms with van der Waals surface area (Å²) in [5.74, 6) is 1.36. The standard InChI is InChI=1S/C20H25N3O3/c1-13(2)22-20(24)17-6-5-16(11-21-17)23-8-7-14-9-18(25-3)19(26-4)10-15(14)12-23/h5-6,9-11,13H,7-8,12H2,1-4H3,(H,22,24). The number of amides is 1. The molecule has 0 aliphatic carbocycles. The van der Waals surface area contributed by atoms with Crippen molar-refractivity contribution in [1.82, 2.24) is 10.3 Å². The molecule has 0 spiro atoms. The number of aromatic nitrogens is 1. The maximum atomic E-state index is 12.0. The summed E-state index contributed by atoms with van der Waals surface area (Å²) in [7, 11) is 3.30. The molecule has 1 aliphatic rings. The molecular formula is C20H25N3O3. The van der Waals surface area contributed by atoms with Crippen LogP contribution in [-0.2, 0) is 13.0 Å². The second-order valence-electron chi connectivity index (χ2n) is 6.68. The summed E-state index contributed by atoms with van der Waals surface area (Å²) >= 11 is 0. The first-order valence-corrected chi connectivity index (χ1v) is 8.77. The van der Waals surface area contributed by atoms with E-state index in [0.29, 0.717) is 5.69 Å². The van der Waals surface area contributed by atoms with Crippen LogP contribution in [0.15, 0.2) is 30.5 Å². The fourth-order valence-corrected chi connectivity index (χ4v) is 3.15. The lowest BCUT2D eigenvalue weighted by Gasteiger charge is -2.31. The number of pyridine rings is 1. The first-order chi connectivity index (χ1) is 12.5. The Bertz CT molecular complexity index is 788. The molecule has 1 N–H and O–H groups in total. The highest BCUT2D eigenvalue weighted by Crippen LogP contribution is 2.34. The number of methoxy groups -OCH3 is 2. The number of carbonyl (C=O) groups excluding carboxylic acids is 1. The van der Waals surface area contributed by atoms with Crippen molar-refractivity contribution < 1.29 is 14.3 Å². The van der Waals surface area contributed by atoms with E-state index in [1.54, 1.807) is 26.5 Å².